The molecule has 8 nitrogen and oxygen atoms in total. The molecule has 0 bridgehead atoms. The van der Waals surface area contributed by atoms with Gasteiger partial charge in [0.2, 0.25) is 10.0 Å². The van der Waals surface area contributed by atoms with Crippen LogP contribution in [0.4, 0.5) is 0 Å². The number of esters is 1. The number of methoxy groups -OCH3 is 2. The standard InChI is InChI=1S/C26H25NO7S/c1-32-24-12-9-20(15-25(24)33-2)23(28)17-34-26(29)19-7-10-22(11-8-19)35(30,31)27-14-13-18-5-3-4-6-21(18)16-27/h3-12,15H,13-14,16-17H2,1-2H3. The van der Waals surface area contributed by atoms with Crippen molar-refractivity contribution in [1.82, 2.24) is 4.31 Å². The fourth-order valence-corrected chi connectivity index (χ4v) is 5.31. The minimum Gasteiger partial charge on any atom is -0.493 e. The van der Waals surface area contributed by atoms with Gasteiger partial charge in [-0.2, -0.15) is 4.31 Å². The largest absolute Gasteiger partial charge is 0.493 e. The molecule has 0 unspecified atom stereocenters. The van der Waals surface area contributed by atoms with Crippen LogP contribution in [0.3, 0.4) is 0 Å². The molecule has 0 amide bonds. The van der Waals surface area contributed by atoms with Crippen LogP contribution in [0.5, 0.6) is 11.5 Å². The normalized spacial score (nSPS) is 13.5. The van der Waals surface area contributed by atoms with Gasteiger partial charge in [-0.1, -0.05) is 24.3 Å². The number of fused-ring (bicyclic) bond motifs is 1. The molecule has 1 aliphatic rings. The van der Waals surface area contributed by atoms with Crippen molar-refractivity contribution in [2.24, 2.45) is 0 Å². The van der Waals surface area contributed by atoms with Crippen molar-refractivity contribution in [1.29, 1.82) is 0 Å². The van der Waals surface area contributed by atoms with E-state index < -0.39 is 28.4 Å². The maximum absolute atomic E-state index is 13.1. The predicted octanol–water partition coefficient (Wildman–Crippen LogP) is 3.49. The van der Waals surface area contributed by atoms with E-state index in [-0.39, 0.29) is 10.5 Å². The number of ether oxygens (including phenoxy) is 3. The summed E-state index contributed by atoms with van der Waals surface area (Å²) in [6.07, 6.45) is 0.647. The van der Waals surface area contributed by atoms with Gasteiger partial charge in [-0.15, -0.1) is 0 Å². The van der Waals surface area contributed by atoms with E-state index >= 15 is 0 Å². The highest BCUT2D eigenvalue weighted by Crippen LogP contribution is 2.28. The number of rotatable bonds is 8. The summed E-state index contributed by atoms with van der Waals surface area (Å²) in [6.45, 7) is 0.226. The molecule has 0 N–H and O–H groups in total. The van der Waals surface area contributed by atoms with Crippen LogP contribution in [0, 0.1) is 0 Å². The van der Waals surface area contributed by atoms with Crippen molar-refractivity contribution in [3.8, 4) is 11.5 Å². The second-order valence-corrected chi connectivity index (χ2v) is 9.89. The average Bonchev–Trinajstić information content (AvgIpc) is 2.90. The van der Waals surface area contributed by atoms with Crippen molar-refractivity contribution in [3.05, 3.63) is 89.0 Å². The molecule has 0 atom stereocenters. The van der Waals surface area contributed by atoms with Gasteiger partial charge in [0.05, 0.1) is 24.7 Å². The molecule has 1 heterocycles. The quantitative estimate of drug-likeness (QED) is 0.348. The van der Waals surface area contributed by atoms with Crippen LogP contribution < -0.4 is 9.47 Å². The van der Waals surface area contributed by atoms with Gasteiger partial charge < -0.3 is 14.2 Å². The fraction of sp³-hybridized carbons (Fsp3) is 0.231. The number of carbonyl (C=O) groups is 2. The summed E-state index contributed by atoms with van der Waals surface area (Å²) in [4.78, 5) is 25.0. The van der Waals surface area contributed by atoms with Gasteiger partial charge in [-0.25, -0.2) is 13.2 Å². The number of hydrogen-bond acceptors (Lipinski definition) is 7. The highest BCUT2D eigenvalue weighted by Gasteiger charge is 2.28. The Hall–Kier alpha value is -3.69. The van der Waals surface area contributed by atoms with E-state index in [0.29, 0.717) is 36.6 Å². The summed E-state index contributed by atoms with van der Waals surface area (Å²) in [5.74, 6) is -0.276. The molecule has 35 heavy (non-hydrogen) atoms. The van der Waals surface area contributed by atoms with Gasteiger partial charge in [0.1, 0.15) is 0 Å². The first-order valence-electron chi connectivity index (χ1n) is 10.9. The summed E-state index contributed by atoms with van der Waals surface area (Å²) in [5, 5.41) is 0. The van der Waals surface area contributed by atoms with Crippen molar-refractivity contribution in [3.63, 3.8) is 0 Å². The highest BCUT2D eigenvalue weighted by molar-refractivity contribution is 7.89. The summed E-state index contributed by atoms with van der Waals surface area (Å²) < 4.78 is 43.1. The Kier molecular flexibility index (Phi) is 7.18. The molecule has 182 valence electrons. The lowest BCUT2D eigenvalue weighted by Gasteiger charge is -2.28. The highest BCUT2D eigenvalue weighted by atomic mass is 32.2. The third kappa shape index (κ3) is 5.21. The smallest absolute Gasteiger partial charge is 0.338 e. The van der Waals surface area contributed by atoms with Crippen molar-refractivity contribution < 1.29 is 32.2 Å². The zero-order chi connectivity index (χ0) is 25.0. The Morgan fingerprint density at radius 2 is 1.51 bits per heavy atom. The first-order chi connectivity index (χ1) is 16.8. The van der Waals surface area contributed by atoms with E-state index in [1.807, 2.05) is 24.3 Å². The number of Topliss-reactive ketones (excluding diaryl/α,β-unsaturated/α-hetero) is 1. The minimum absolute atomic E-state index is 0.0924. The Labute approximate surface area is 204 Å². The van der Waals surface area contributed by atoms with Crippen LogP contribution in [-0.2, 0) is 27.7 Å². The van der Waals surface area contributed by atoms with Crippen LogP contribution >= 0.6 is 0 Å². The molecular weight excluding hydrogens is 470 g/mol. The van der Waals surface area contributed by atoms with Gasteiger partial charge in [-0.3, -0.25) is 4.79 Å². The van der Waals surface area contributed by atoms with Gasteiger partial charge in [-0.05, 0) is 60.0 Å². The summed E-state index contributed by atoms with van der Waals surface area (Å²) in [7, 11) is -0.769. The molecule has 0 saturated heterocycles. The number of nitrogens with zero attached hydrogens (tertiary/aromatic N) is 1. The zero-order valence-corrected chi connectivity index (χ0v) is 20.2. The summed E-state index contributed by atoms with van der Waals surface area (Å²) in [6, 6.07) is 18.0. The molecule has 0 radical (unpaired) electrons. The van der Waals surface area contributed by atoms with E-state index in [1.165, 1.54) is 48.9 Å². The number of benzene rings is 3. The molecule has 9 heteroatoms. The van der Waals surface area contributed by atoms with Gasteiger partial charge in [0, 0.05) is 18.7 Å². The van der Waals surface area contributed by atoms with E-state index in [9.17, 15) is 18.0 Å². The van der Waals surface area contributed by atoms with E-state index in [1.54, 1.807) is 12.1 Å². The van der Waals surface area contributed by atoms with E-state index in [2.05, 4.69) is 0 Å². The lowest BCUT2D eigenvalue weighted by atomic mass is 10.0. The minimum atomic E-state index is -3.72. The number of sulfonamides is 1. The molecule has 1 aliphatic heterocycles. The summed E-state index contributed by atoms with van der Waals surface area (Å²) in [5.41, 5.74) is 2.59. The second-order valence-electron chi connectivity index (χ2n) is 7.95. The number of ketones is 1. The third-order valence-electron chi connectivity index (χ3n) is 5.86. The molecule has 0 spiro atoms. The van der Waals surface area contributed by atoms with Crippen LogP contribution in [0.2, 0.25) is 0 Å². The van der Waals surface area contributed by atoms with Crippen molar-refractivity contribution in [2.75, 3.05) is 27.4 Å². The first kappa shape index (κ1) is 24.4. The van der Waals surface area contributed by atoms with Crippen LogP contribution in [0.15, 0.2) is 71.6 Å². The summed E-state index contributed by atoms with van der Waals surface area (Å²) >= 11 is 0. The number of hydrogen-bond donors (Lipinski definition) is 0. The second kappa shape index (κ2) is 10.3. The fourth-order valence-electron chi connectivity index (χ4n) is 3.89. The maximum atomic E-state index is 13.1. The Morgan fingerprint density at radius 3 is 2.20 bits per heavy atom. The van der Waals surface area contributed by atoms with Crippen molar-refractivity contribution >= 4 is 21.8 Å². The van der Waals surface area contributed by atoms with Gasteiger partial charge in [0.15, 0.2) is 23.9 Å². The molecule has 4 rings (SSSR count). The Morgan fingerprint density at radius 1 is 0.857 bits per heavy atom. The molecule has 0 aliphatic carbocycles. The van der Waals surface area contributed by atoms with Crippen LogP contribution in [0.25, 0.3) is 0 Å². The van der Waals surface area contributed by atoms with Crippen molar-refractivity contribution in [2.45, 2.75) is 17.9 Å². The third-order valence-corrected chi connectivity index (χ3v) is 7.72. The topological polar surface area (TPSA) is 99.2 Å². The molecule has 3 aromatic rings. The molecule has 0 fully saturated rings. The Bertz CT molecular complexity index is 1350. The van der Waals surface area contributed by atoms with Crippen LogP contribution in [0.1, 0.15) is 31.8 Å². The first-order valence-corrected chi connectivity index (χ1v) is 12.4. The van der Waals surface area contributed by atoms with Gasteiger partial charge in [0.25, 0.3) is 0 Å². The van der Waals surface area contributed by atoms with E-state index in [4.69, 9.17) is 14.2 Å². The predicted molar refractivity (Wildman–Crippen MR) is 128 cm³/mol. The Balaban J connectivity index is 1.39. The zero-order valence-electron chi connectivity index (χ0n) is 19.4. The van der Waals surface area contributed by atoms with Gasteiger partial charge >= 0.3 is 5.97 Å². The lowest BCUT2D eigenvalue weighted by Crippen LogP contribution is -2.35. The number of carbonyl (C=O) groups excluding carboxylic acids is 2. The lowest BCUT2D eigenvalue weighted by molar-refractivity contribution is 0.0474. The molecular formula is C26H25NO7S. The average molecular weight is 496 g/mol. The molecule has 0 saturated carbocycles. The SMILES string of the molecule is COc1ccc(C(=O)COC(=O)c2ccc(S(=O)(=O)N3CCc4ccccc4C3)cc2)cc1OC. The monoisotopic (exact) mass is 495 g/mol. The van der Waals surface area contributed by atoms with Crippen LogP contribution in [-0.4, -0.2) is 51.8 Å². The molecule has 0 aromatic heterocycles. The van der Waals surface area contributed by atoms with E-state index in [0.717, 1.165) is 11.1 Å². The maximum Gasteiger partial charge on any atom is 0.338 e. The molecule has 3 aromatic carbocycles.